The van der Waals surface area contributed by atoms with Gasteiger partial charge in [0.25, 0.3) is 0 Å². The summed E-state index contributed by atoms with van der Waals surface area (Å²) < 4.78 is 0. The molecule has 1 nitrogen and oxygen atoms in total. The highest BCUT2D eigenvalue weighted by Gasteiger charge is 2.20. The van der Waals surface area contributed by atoms with E-state index in [2.05, 4.69) is 43.4 Å². The second-order valence-electron chi connectivity index (χ2n) is 5.20. The molecule has 94 valence electrons. The lowest BCUT2D eigenvalue weighted by molar-refractivity contribution is 0.418. The van der Waals surface area contributed by atoms with Crippen LogP contribution in [0.3, 0.4) is 0 Å². The quantitative estimate of drug-likeness (QED) is 0.765. The van der Waals surface area contributed by atoms with Crippen molar-refractivity contribution in [2.24, 2.45) is 0 Å². The van der Waals surface area contributed by atoms with Crippen LogP contribution in [0.15, 0.2) is 24.3 Å². The number of hydrogen-bond acceptors (Lipinski definition) is 1. The molecular formula is C16H25N. The van der Waals surface area contributed by atoms with E-state index in [0.29, 0.717) is 6.04 Å². The van der Waals surface area contributed by atoms with Crippen LogP contribution in [0.4, 0.5) is 0 Å². The Bertz CT molecular complexity index is 335. The van der Waals surface area contributed by atoms with E-state index < -0.39 is 0 Å². The van der Waals surface area contributed by atoms with Crippen molar-refractivity contribution in [3.63, 3.8) is 0 Å². The van der Waals surface area contributed by atoms with Gasteiger partial charge in [-0.1, -0.05) is 51.0 Å². The number of rotatable bonds is 6. The number of benzene rings is 1. The molecule has 0 bridgehead atoms. The minimum atomic E-state index is 0.546. The first-order valence-electron chi connectivity index (χ1n) is 7.18. The maximum absolute atomic E-state index is 3.60. The Morgan fingerprint density at radius 2 is 2.12 bits per heavy atom. The zero-order valence-electron chi connectivity index (χ0n) is 11.2. The maximum Gasteiger partial charge on any atom is 0.0320 e. The van der Waals surface area contributed by atoms with Crippen LogP contribution in [0.25, 0.3) is 0 Å². The van der Waals surface area contributed by atoms with E-state index in [1.54, 1.807) is 5.56 Å². The summed E-state index contributed by atoms with van der Waals surface area (Å²) in [5, 5.41) is 3.60. The van der Waals surface area contributed by atoms with Crippen LogP contribution in [0.2, 0.25) is 0 Å². The molecule has 1 aromatic rings. The van der Waals surface area contributed by atoms with E-state index in [0.717, 1.165) is 12.5 Å². The van der Waals surface area contributed by atoms with Gasteiger partial charge in [-0.2, -0.15) is 0 Å². The summed E-state index contributed by atoms with van der Waals surface area (Å²) in [5.74, 6) is 0.846. The minimum absolute atomic E-state index is 0.546. The molecule has 1 aromatic carbocycles. The van der Waals surface area contributed by atoms with Crippen LogP contribution >= 0.6 is 0 Å². The van der Waals surface area contributed by atoms with Crippen molar-refractivity contribution in [2.75, 3.05) is 6.54 Å². The van der Waals surface area contributed by atoms with Gasteiger partial charge in [-0.15, -0.1) is 0 Å². The van der Waals surface area contributed by atoms with E-state index in [1.165, 1.54) is 37.7 Å². The third kappa shape index (κ3) is 3.10. The fraction of sp³-hybridized carbons (Fsp3) is 0.625. The van der Waals surface area contributed by atoms with Crippen molar-refractivity contribution in [2.45, 2.75) is 57.9 Å². The summed E-state index contributed by atoms with van der Waals surface area (Å²) in [6, 6.07) is 9.81. The average molecular weight is 231 g/mol. The van der Waals surface area contributed by atoms with E-state index in [4.69, 9.17) is 0 Å². The normalized spacial score (nSPS) is 17.8. The van der Waals surface area contributed by atoms with Crippen molar-refractivity contribution in [3.8, 4) is 0 Å². The molecule has 2 rings (SSSR count). The van der Waals surface area contributed by atoms with Crippen LogP contribution in [0.5, 0.6) is 0 Å². The van der Waals surface area contributed by atoms with Crippen molar-refractivity contribution in [3.05, 3.63) is 35.4 Å². The molecule has 1 aliphatic rings. The van der Waals surface area contributed by atoms with Crippen LogP contribution in [-0.2, 0) is 0 Å². The molecule has 0 saturated heterocycles. The highest BCUT2D eigenvalue weighted by Crippen LogP contribution is 2.37. The van der Waals surface area contributed by atoms with Crippen molar-refractivity contribution in [1.82, 2.24) is 5.32 Å². The predicted octanol–water partition coefficient (Wildman–Crippen LogP) is 4.40. The molecule has 1 saturated carbocycles. The average Bonchev–Trinajstić information content (AvgIpc) is 2.27. The van der Waals surface area contributed by atoms with Crippen LogP contribution in [-0.4, -0.2) is 6.54 Å². The Hall–Kier alpha value is -0.820. The topological polar surface area (TPSA) is 12.0 Å². The minimum Gasteiger partial charge on any atom is -0.310 e. The van der Waals surface area contributed by atoms with Gasteiger partial charge in [0.1, 0.15) is 0 Å². The Morgan fingerprint density at radius 3 is 2.71 bits per heavy atom. The summed E-state index contributed by atoms with van der Waals surface area (Å²) in [6.07, 6.45) is 6.68. The monoisotopic (exact) mass is 231 g/mol. The van der Waals surface area contributed by atoms with Crippen molar-refractivity contribution >= 4 is 0 Å². The lowest BCUT2D eigenvalue weighted by atomic mass is 9.79. The Morgan fingerprint density at radius 1 is 1.29 bits per heavy atom. The molecule has 0 amide bonds. The Kier molecular flexibility index (Phi) is 4.61. The highest BCUT2D eigenvalue weighted by atomic mass is 14.9. The molecule has 17 heavy (non-hydrogen) atoms. The predicted molar refractivity (Wildman–Crippen MR) is 74.4 cm³/mol. The van der Waals surface area contributed by atoms with Crippen molar-refractivity contribution < 1.29 is 0 Å². The molecule has 1 unspecified atom stereocenters. The standard InChI is InChI=1S/C16H25N/c1-3-7-16(17-4-2)15-11-6-10-14(12-15)13-8-5-9-13/h6,10-13,16-17H,3-5,7-9H2,1-2H3. The Labute approximate surface area is 106 Å². The van der Waals surface area contributed by atoms with Crippen LogP contribution in [0, 0.1) is 0 Å². The summed E-state index contributed by atoms with van der Waals surface area (Å²) in [6.45, 7) is 5.51. The molecule has 1 aliphatic carbocycles. The van der Waals surface area contributed by atoms with Crippen LogP contribution in [0.1, 0.15) is 69.0 Å². The molecule has 0 aromatic heterocycles. The van der Waals surface area contributed by atoms with Gasteiger partial charge in [-0.05, 0) is 42.9 Å². The molecular weight excluding hydrogens is 206 g/mol. The molecule has 0 spiro atoms. The molecule has 0 aliphatic heterocycles. The second-order valence-corrected chi connectivity index (χ2v) is 5.20. The first-order chi connectivity index (χ1) is 8.35. The first kappa shape index (κ1) is 12.6. The zero-order chi connectivity index (χ0) is 12.1. The summed E-state index contributed by atoms with van der Waals surface area (Å²) >= 11 is 0. The van der Waals surface area contributed by atoms with Gasteiger partial charge >= 0.3 is 0 Å². The van der Waals surface area contributed by atoms with E-state index in [1.807, 2.05) is 0 Å². The number of hydrogen-bond donors (Lipinski definition) is 1. The first-order valence-corrected chi connectivity index (χ1v) is 7.18. The van der Waals surface area contributed by atoms with Crippen LogP contribution < -0.4 is 5.32 Å². The largest absolute Gasteiger partial charge is 0.310 e. The van der Waals surface area contributed by atoms with Crippen molar-refractivity contribution in [1.29, 1.82) is 0 Å². The number of nitrogens with one attached hydrogen (secondary N) is 1. The van der Waals surface area contributed by atoms with E-state index in [-0.39, 0.29) is 0 Å². The van der Waals surface area contributed by atoms with Gasteiger partial charge in [-0.25, -0.2) is 0 Å². The molecule has 1 heteroatoms. The van der Waals surface area contributed by atoms with Gasteiger partial charge in [-0.3, -0.25) is 0 Å². The second kappa shape index (κ2) is 6.20. The molecule has 1 N–H and O–H groups in total. The van der Waals surface area contributed by atoms with Gasteiger partial charge < -0.3 is 5.32 Å². The Balaban J connectivity index is 2.11. The highest BCUT2D eigenvalue weighted by molar-refractivity contribution is 5.29. The molecule has 1 fully saturated rings. The SMILES string of the molecule is CCCC(NCC)c1cccc(C2CCC2)c1. The fourth-order valence-corrected chi connectivity index (χ4v) is 2.69. The lowest BCUT2D eigenvalue weighted by Crippen LogP contribution is -2.21. The fourth-order valence-electron chi connectivity index (χ4n) is 2.69. The smallest absolute Gasteiger partial charge is 0.0320 e. The van der Waals surface area contributed by atoms with E-state index >= 15 is 0 Å². The molecule has 1 atom stereocenters. The van der Waals surface area contributed by atoms with Gasteiger partial charge in [0.2, 0.25) is 0 Å². The van der Waals surface area contributed by atoms with E-state index in [9.17, 15) is 0 Å². The summed E-state index contributed by atoms with van der Waals surface area (Å²) in [4.78, 5) is 0. The molecule has 0 heterocycles. The van der Waals surface area contributed by atoms with Gasteiger partial charge in [0.05, 0.1) is 0 Å². The maximum atomic E-state index is 3.60. The van der Waals surface area contributed by atoms with Gasteiger partial charge in [0.15, 0.2) is 0 Å². The summed E-state index contributed by atoms with van der Waals surface area (Å²) in [5.41, 5.74) is 3.05. The third-order valence-electron chi connectivity index (χ3n) is 3.92. The van der Waals surface area contributed by atoms with Gasteiger partial charge in [0, 0.05) is 6.04 Å². The summed E-state index contributed by atoms with van der Waals surface area (Å²) in [7, 11) is 0. The third-order valence-corrected chi connectivity index (χ3v) is 3.92. The molecule has 0 radical (unpaired) electrons. The zero-order valence-corrected chi connectivity index (χ0v) is 11.2. The lowest BCUT2D eigenvalue weighted by Gasteiger charge is -2.27.